The fraction of sp³-hybridized carbons (Fsp3) is 0.524. The zero-order valence-corrected chi connectivity index (χ0v) is 18.6. The van der Waals surface area contributed by atoms with Gasteiger partial charge in [-0.1, -0.05) is 0 Å². The molecule has 0 saturated heterocycles. The van der Waals surface area contributed by atoms with Crippen molar-refractivity contribution in [1.82, 2.24) is 0 Å². The molecule has 0 aliphatic heterocycles. The number of aryl methyl sites for hydroxylation is 1. The molecule has 1 aromatic rings. The molecular weight excluding hydrogens is 403 g/mol. The Morgan fingerprint density at radius 1 is 1.17 bits per heavy atom. The van der Waals surface area contributed by atoms with Gasteiger partial charge in [0.05, 0.1) is 0 Å². The summed E-state index contributed by atoms with van der Waals surface area (Å²) >= 11 is -2.42. The van der Waals surface area contributed by atoms with Crippen molar-refractivity contribution in [3.63, 3.8) is 0 Å². The van der Waals surface area contributed by atoms with Crippen LogP contribution in [0.1, 0.15) is 31.7 Å². The number of benzene rings is 1. The van der Waals surface area contributed by atoms with E-state index in [0.29, 0.717) is 6.42 Å². The minimum atomic E-state index is -2.42. The molecule has 24 heavy (non-hydrogen) atoms. The third-order valence-electron chi connectivity index (χ3n) is 4.51. The Morgan fingerprint density at radius 3 is 2.33 bits per heavy atom. The fourth-order valence-corrected chi connectivity index (χ4v) is 6.72. The van der Waals surface area contributed by atoms with E-state index in [4.69, 9.17) is 0 Å². The van der Waals surface area contributed by atoms with Crippen LogP contribution in [0, 0.1) is 5.92 Å². The molecule has 1 rings (SSSR count). The second kappa shape index (κ2) is 10.4. The average Bonchev–Trinajstić information content (AvgIpc) is 2.53. The van der Waals surface area contributed by atoms with Gasteiger partial charge < -0.3 is 0 Å². The molecule has 0 aromatic heterocycles. The van der Waals surface area contributed by atoms with E-state index < -0.39 is 30.6 Å². The van der Waals surface area contributed by atoms with Gasteiger partial charge in [0.25, 0.3) is 0 Å². The summed E-state index contributed by atoms with van der Waals surface area (Å²) < 4.78 is 1.11. The number of aliphatic hydroxyl groups is 2. The van der Waals surface area contributed by atoms with Gasteiger partial charge >= 0.3 is 152 Å². The van der Waals surface area contributed by atoms with Crippen molar-refractivity contribution in [3.8, 4) is 0 Å². The zero-order valence-electron chi connectivity index (χ0n) is 15.7. The second-order valence-electron chi connectivity index (χ2n) is 7.60. The van der Waals surface area contributed by atoms with Crippen LogP contribution >= 0.6 is 0 Å². The molecule has 3 heteroatoms. The summed E-state index contributed by atoms with van der Waals surface area (Å²) in [7, 11) is 0. The predicted octanol–water partition coefficient (Wildman–Crippen LogP) is 4.75. The van der Waals surface area contributed by atoms with E-state index >= 15 is 0 Å². The molecule has 0 saturated carbocycles. The molecule has 0 spiro atoms. The van der Waals surface area contributed by atoms with E-state index in [1.54, 1.807) is 0 Å². The van der Waals surface area contributed by atoms with Crippen LogP contribution in [-0.2, 0) is 6.42 Å². The summed E-state index contributed by atoms with van der Waals surface area (Å²) in [6.45, 7) is 6.41. The Labute approximate surface area is 152 Å². The third-order valence-corrected chi connectivity index (χ3v) is 11.0. The van der Waals surface area contributed by atoms with Gasteiger partial charge in [-0.05, 0) is 0 Å². The molecule has 0 bridgehead atoms. The van der Waals surface area contributed by atoms with Gasteiger partial charge in [-0.25, -0.2) is 0 Å². The molecular formula is C21H34O2Sn. The van der Waals surface area contributed by atoms with Crippen molar-refractivity contribution in [1.29, 1.82) is 0 Å². The number of hydrogen-bond acceptors (Lipinski definition) is 2. The molecule has 2 nitrogen and oxygen atoms in total. The van der Waals surface area contributed by atoms with E-state index in [0.717, 1.165) is 22.9 Å². The van der Waals surface area contributed by atoms with Crippen molar-refractivity contribution in [2.24, 2.45) is 5.92 Å². The molecule has 0 heterocycles. The van der Waals surface area contributed by atoms with E-state index in [2.05, 4.69) is 40.5 Å². The molecule has 2 N–H and O–H groups in total. The quantitative estimate of drug-likeness (QED) is 0.410. The molecule has 0 fully saturated rings. The Kier molecular flexibility index (Phi) is 9.32. The van der Waals surface area contributed by atoms with Crippen LogP contribution in [0.5, 0.6) is 0 Å². The summed E-state index contributed by atoms with van der Waals surface area (Å²) in [6.07, 6.45) is 6.14. The molecule has 0 unspecified atom stereocenters. The van der Waals surface area contributed by atoms with Crippen LogP contribution < -0.4 is 0 Å². The summed E-state index contributed by atoms with van der Waals surface area (Å²) in [6, 6.07) is 10.2. The zero-order chi connectivity index (χ0) is 18.2. The first kappa shape index (κ1) is 21.5. The van der Waals surface area contributed by atoms with Gasteiger partial charge in [-0.2, -0.15) is 0 Å². The first-order valence-corrected chi connectivity index (χ1v) is 19.0. The Hall–Kier alpha value is -0.581. The maximum atomic E-state index is 10.8. The minimum absolute atomic E-state index is 0.252. The summed E-state index contributed by atoms with van der Waals surface area (Å²) in [5, 5.41) is 21.5. The molecule has 0 radical (unpaired) electrons. The number of hydrogen-bond donors (Lipinski definition) is 2. The monoisotopic (exact) mass is 438 g/mol. The van der Waals surface area contributed by atoms with Crippen molar-refractivity contribution >= 4 is 18.4 Å². The summed E-state index contributed by atoms with van der Waals surface area (Å²) in [5.41, 5.74) is 1.22. The van der Waals surface area contributed by atoms with Gasteiger partial charge in [-0.15, -0.1) is 0 Å². The van der Waals surface area contributed by atoms with Crippen molar-refractivity contribution in [3.05, 3.63) is 58.2 Å². The number of allylic oxidation sites excluding steroid dienone is 1. The van der Waals surface area contributed by atoms with Crippen LogP contribution in [0.15, 0.2) is 52.7 Å². The van der Waals surface area contributed by atoms with E-state index in [-0.39, 0.29) is 5.92 Å². The number of unbranched alkanes of at least 4 members (excludes halogenated alkanes) is 1. The fourth-order valence-electron chi connectivity index (χ4n) is 2.83. The SMILES string of the molecule is C=[C]([C@H]([C@@H](O)/C=C/CCC)[C@@H](O)CCc1ccccc1)[Sn]([CH3])([CH3])[CH3]. The standard InChI is InChI=1S/C18H25O2.3CH3.Sn/c1-3-5-7-12-17(19)16(4-2)18(20)14-13-15-10-8-6-9-11-15;;;;/h6-12,16-20H,2-3,5,13-14H2,1H3;3*1H3;/b12-7+;;;;/t16-,17+,18+;;;;/m1..../s1. The van der Waals surface area contributed by atoms with Crippen LogP contribution in [0.25, 0.3) is 0 Å². The van der Waals surface area contributed by atoms with E-state index in [9.17, 15) is 10.2 Å². The van der Waals surface area contributed by atoms with Gasteiger partial charge in [-0.3, -0.25) is 0 Å². The van der Waals surface area contributed by atoms with Gasteiger partial charge in [0.15, 0.2) is 0 Å². The van der Waals surface area contributed by atoms with Gasteiger partial charge in [0, 0.05) is 0 Å². The van der Waals surface area contributed by atoms with Crippen molar-refractivity contribution in [2.45, 2.75) is 59.6 Å². The summed E-state index contributed by atoms with van der Waals surface area (Å²) in [5.74, 6) is -0.252. The van der Waals surface area contributed by atoms with Crippen molar-refractivity contribution in [2.75, 3.05) is 0 Å². The Bertz CT molecular complexity index is 516. The Balaban J connectivity index is 2.84. The van der Waals surface area contributed by atoms with E-state index in [1.807, 2.05) is 30.4 Å². The molecule has 3 atom stereocenters. The number of rotatable bonds is 10. The van der Waals surface area contributed by atoms with Crippen LogP contribution in [-0.4, -0.2) is 40.8 Å². The van der Waals surface area contributed by atoms with Crippen LogP contribution in [0.3, 0.4) is 0 Å². The maximum absolute atomic E-state index is 10.8. The average molecular weight is 437 g/mol. The van der Waals surface area contributed by atoms with Crippen molar-refractivity contribution < 1.29 is 10.2 Å². The summed E-state index contributed by atoms with van der Waals surface area (Å²) in [4.78, 5) is 6.86. The topological polar surface area (TPSA) is 40.5 Å². The molecule has 0 aliphatic carbocycles. The molecule has 0 amide bonds. The van der Waals surface area contributed by atoms with Crippen LogP contribution in [0.2, 0.25) is 14.8 Å². The first-order chi connectivity index (χ1) is 11.3. The predicted molar refractivity (Wildman–Crippen MR) is 107 cm³/mol. The first-order valence-electron chi connectivity index (χ1n) is 9.03. The third kappa shape index (κ3) is 7.12. The normalized spacial score (nSPS) is 16.1. The molecule has 134 valence electrons. The molecule has 0 aliphatic rings. The second-order valence-corrected chi connectivity index (χ2v) is 22.3. The van der Waals surface area contributed by atoms with E-state index in [1.165, 1.54) is 5.56 Å². The molecule has 1 aromatic carbocycles. The number of aliphatic hydroxyl groups excluding tert-OH is 2. The van der Waals surface area contributed by atoms with Gasteiger partial charge in [0.1, 0.15) is 0 Å². The van der Waals surface area contributed by atoms with Crippen LogP contribution in [0.4, 0.5) is 0 Å². The Morgan fingerprint density at radius 2 is 1.79 bits per heavy atom. The van der Waals surface area contributed by atoms with Gasteiger partial charge in [0.2, 0.25) is 0 Å².